The maximum Gasteiger partial charge on any atom is 0.227 e. The van der Waals surface area contributed by atoms with Gasteiger partial charge >= 0.3 is 0 Å². The number of rotatable bonds is 5. The first-order chi connectivity index (χ1) is 11.6. The van der Waals surface area contributed by atoms with Crippen LogP contribution in [0.5, 0.6) is 0 Å². The summed E-state index contributed by atoms with van der Waals surface area (Å²) >= 11 is 6.02. The van der Waals surface area contributed by atoms with Crippen molar-refractivity contribution in [2.24, 2.45) is 11.8 Å². The fourth-order valence-electron chi connectivity index (χ4n) is 3.79. The monoisotopic (exact) mass is 354 g/mol. The fourth-order valence-corrected chi connectivity index (χ4v) is 4.03. The molecule has 0 radical (unpaired) electrons. The summed E-state index contributed by atoms with van der Waals surface area (Å²) in [4.78, 5) is 16.8. The fraction of sp³-hybridized carbons (Fsp3) is 0.611. The first kappa shape index (κ1) is 17.6. The largest absolute Gasteiger partial charge is 0.396 e. The molecular formula is C18H24ClFN2O2. The lowest BCUT2D eigenvalue weighted by molar-refractivity contribution is -0.129. The number of likely N-dealkylation sites (tertiary alicyclic amines) is 2. The summed E-state index contributed by atoms with van der Waals surface area (Å²) in [6.45, 7) is 4.57. The van der Waals surface area contributed by atoms with Crippen molar-refractivity contribution in [1.29, 1.82) is 0 Å². The molecule has 1 N–H and O–H groups in total. The standard InChI is InChI=1S/C18H24ClFN2O2/c19-17-8-16(20)4-3-13(17)7-18(24)22-10-14(15(11-22)12-23)9-21-5-1-2-6-21/h3-4,8,14-15,23H,1-2,5-7,9-12H2/t14-,15-/m0/s1. The Bertz CT molecular complexity index is 592. The van der Waals surface area contributed by atoms with E-state index in [1.54, 1.807) is 6.07 Å². The van der Waals surface area contributed by atoms with Crippen molar-refractivity contribution >= 4 is 17.5 Å². The molecule has 2 aliphatic rings. The number of carbonyl (C=O) groups excluding carboxylic acids is 1. The van der Waals surface area contributed by atoms with E-state index in [1.165, 1.54) is 25.0 Å². The van der Waals surface area contributed by atoms with Gasteiger partial charge in [0.15, 0.2) is 0 Å². The van der Waals surface area contributed by atoms with Crippen molar-refractivity contribution in [1.82, 2.24) is 9.80 Å². The topological polar surface area (TPSA) is 43.8 Å². The van der Waals surface area contributed by atoms with Crippen molar-refractivity contribution in [3.63, 3.8) is 0 Å². The zero-order chi connectivity index (χ0) is 17.1. The van der Waals surface area contributed by atoms with Crippen LogP contribution in [-0.4, -0.2) is 60.1 Å². The third kappa shape index (κ3) is 4.08. The molecule has 0 unspecified atom stereocenters. The van der Waals surface area contributed by atoms with Crippen LogP contribution in [0.15, 0.2) is 18.2 Å². The molecule has 1 aromatic rings. The summed E-state index contributed by atoms with van der Waals surface area (Å²) in [6.07, 6.45) is 2.65. The minimum absolute atomic E-state index is 0.00844. The summed E-state index contributed by atoms with van der Waals surface area (Å²) in [5, 5.41) is 9.94. The summed E-state index contributed by atoms with van der Waals surface area (Å²) in [5.41, 5.74) is 0.645. The number of aliphatic hydroxyl groups excluding tert-OH is 1. The van der Waals surface area contributed by atoms with Crippen LogP contribution in [-0.2, 0) is 11.2 Å². The molecule has 0 aliphatic carbocycles. The van der Waals surface area contributed by atoms with Crippen molar-refractivity contribution in [3.05, 3.63) is 34.6 Å². The number of carbonyl (C=O) groups is 1. The molecule has 1 amide bonds. The van der Waals surface area contributed by atoms with Crippen LogP contribution in [0.1, 0.15) is 18.4 Å². The Hall–Kier alpha value is -1.17. The Kier molecular flexibility index (Phi) is 5.74. The molecule has 3 rings (SSSR count). The Balaban J connectivity index is 1.60. The van der Waals surface area contributed by atoms with Crippen LogP contribution in [0.25, 0.3) is 0 Å². The number of hydrogen-bond donors (Lipinski definition) is 1. The average Bonchev–Trinajstić information content (AvgIpc) is 3.20. The highest BCUT2D eigenvalue weighted by Gasteiger charge is 2.36. The molecule has 4 nitrogen and oxygen atoms in total. The Morgan fingerprint density at radius 2 is 1.96 bits per heavy atom. The van der Waals surface area contributed by atoms with Crippen molar-refractivity contribution in [2.75, 3.05) is 39.3 Å². The molecule has 2 aliphatic heterocycles. The SMILES string of the molecule is O=C(Cc1ccc(F)cc1Cl)N1C[C@@H](CO)[C@@H](CN2CCCC2)C1. The molecule has 0 saturated carbocycles. The van der Waals surface area contributed by atoms with Gasteiger partial charge in [0.05, 0.1) is 6.42 Å². The number of aliphatic hydroxyl groups is 1. The Morgan fingerprint density at radius 1 is 1.25 bits per heavy atom. The minimum Gasteiger partial charge on any atom is -0.396 e. The van der Waals surface area contributed by atoms with Gasteiger partial charge in [-0.15, -0.1) is 0 Å². The molecule has 0 aromatic heterocycles. The summed E-state index contributed by atoms with van der Waals surface area (Å²) < 4.78 is 13.1. The zero-order valence-corrected chi connectivity index (χ0v) is 14.5. The van der Waals surface area contributed by atoms with E-state index in [9.17, 15) is 14.3 Å². The second-order valence-corrected chi connectivity index (χ2v) is 7.33. The molecule has 6 heteroatoms. The van der Waals surface area contributed by atoms with E-state index in [2.05, 4.69) is 4.90 Å². The smallest absolute Gasteiger partial charge is 0.227 e. The molecule has 132 valence electrons. The summed E-state index contributed by atoms with van der Waals surface area (Å²) in [7, 11) is 0. The summed E-state index contributed by atoms with van der Waals surface area (Å²) in [6, 6.07) is 4.13. The van der Waals surface area contributed by atoms with E-state index in [4.69, 9.17) is 11.6 Å². The van der Waals surface area contributed by atoms with E-state index in [1.807, 2.05) is 4.90 Å². The third-order valence-electron chi connectivity index (χ3n) is 5.21. The van der Waals surface area contributed by atoms with Gasteiger partial charge in [-0.3, -0.25) is 4.79 Å². The highest BCUT2D eigenvalue weighted by atomic mass is 35.5. The van der Waals surface area contributed by atoms with E-state index >= 15 is 0 Å². The van der Waals surface area contributed by atoms with Gasteiger partial charge in [0.1, 0.15) is 5.82 Å². The highest BCUT2D eigenvalue weighted by molar-refractivity contribution is 6.31. The van der Waals surface area contributed by atoms with Gasteiger partial charge in [0.25, 0.3) is 0 Å². The molecule has 0 spiro atoms. The van der Waals surface area contributed by atoms with Crippen LogP contribution < -0.4 is 0 Å². The lowest BCUT2D eigenvalue weighted by Gasteiger charge is -2.23. The molecule has 2 atom stereocenters. The van der Waals surface area contributed by atoms with Crippen LogP contribution >= 0.6 is 11.6 Å². The second-order valence-electron chi connectivity index (χ2n) is 6.92. The van der Waals surface area contributed by atoms with Gasteiger partial charge < -0.3 is 14.9 Å². The van der Waals surface area contributed by atoms with Gasteiger partial charge in [-0.1, -0.05) is 17.7 Å². The lowest BCUT2D eigenvalue weighted by atomic mass is 9.96. The van der Waals surface area contributed by atoms with Gasteiger partial charge in [-0.05, 0) is 49.5 Å². The molecule has 2 saturated heterocycles. The first-order valence-electron chi connectivity index (χ1n) is 8.61. The van der Waals surface area contributed by atoms with Gasteiger partial charge in [0, 0.05) is 37.2 Å². The molecule has 0 bridgehead atoms. The molecule has 24 heavy (non-hydrogen) atoms. The van der Waals surface area contributed by atoms with Crippen molar-refractivity contribution in [3.8, 4) is 0 Å². The third-order valence-corrected chi connectivity index (χ3v) is 5.56. The number of amides is 1. The van der Waals surface area contributed by atoms with Gasteiger partial charge in [0.2, 0.25) is 5.91 Å². The maximum absolute atomic E-state index is 13.1. The summed E-state index contributed by atoms with van der Waals surface area (Å²) in [5.74, 6) is 0.0493. The van der Waals surface area contributed by atoms with Crippen molar-refractivity contribution < 1.29 is 14.3 Å². The molecule has 2 fully saturated rings. The van der Waals surface area contributed by atoms with Crippen LogP contribution in [0, 0.1) is 17.7 Å². The van der Waals surface area contributed by atoms with E-state index in [0.29, 0.717) is 24.6 Å². The Morgan fingerprint density at radius 3 is 2.62 bits per heavy atom. The van der Waals surface area contributed by atoms with E-state index in [-0.39, 0.29) is 29.9 Å². The number of benzene rings is 1. The quantitative estimate of drug-likeness (QED) is 0.881. The normalized spacial score (nSPS) is 24.7. The first-order valence-corrected chi connectivity index (χ1v) is 8.99. The second kappa shape index (κ2) is 7.81. The molecular weight excluding hydrogens is 331 g/mol. The van der Waals surface area contributed by atoms with E-state index in [0.717, 1.165) is 19.6 Å². The zero-order valence-electron chi connectivity index (χ0n) is 13.8. The van der Waals surface area contributed by atoms with Gasteiger partial charge in [-0.25, -0.2) is 4.39 Å². The van der Waals surface area contributed by atoms with Crippen molar-refractivity contribution in [2.45, 2.75) is 19.3 Å². The maximum atomic E-state index is 13.1. The van der Waals surface area contributed by atoms with Crippen LogP contribution in [0.4, 0.5) is 4.39 Å². The lowest BCUT2D eigenvalue weighted by Crippen LogP contribution is -2.33. The molecule has 2 heterocycles. The van der Waals surface area contributed by atoms with Crippen LogP contribution in [0.3, 0.4) is 0 Å². The predicted molar refractivity (Wildman–Crippen MR) is 91.4 cm³/mol. The highest BCUT2D eigenvalue weighted by Crippen LogP contribution is 2.27. The minimum atomic E-state index is -0.400. The average molecular weight is 355 g/mol. The molecule has 1 aromatic carbocycles. The van der Waals surface area contributed by atoms with E-state index < -0.39 is 5.82 Å². The Labute approximate surface area is 147 Å². The van der Waals surface area contributed by atoms with Crippen LogP contribution in [0.2, 0.25) is 5.02 Å². The number of hydrogen-bond acceptors (Lipinski definition) is 3. The number of nitrogens with zero attached hydrogens (tertiary/aromatic N) is 2. The number of halogens is 2. The van der Waals surface area contributed by atoms with Gasteiger partial charge in [-0.2, -0.15) is 0 Å². The predicted octanol–water partition coefficient (Wildman–Crippen LogP) is 2.18.